The number of hydrogen-bond donors (Lipinski definition) is 2. The minimum atomic E-state index is -0.419. The Morgan fingerprint density at radius 2 is 2.06 bits per heavy atom. The van der Waals surface area contributed by atoms with Gasteiger partial charge in [0.2, 0.25) is 5.91 Å². The lowest BCUT2D eigenvalue weighted by molar-refractivity contribution is -0.122. The van der Waals surface area contributed by atoms with Crippen molar-refractivity contribution < 1.29 is 4.79 Å². The fraction of sp³-hybridized carbons (Fsp3) is 0.417. The molecule has 0 saturated carbocycles. The number of amides is 1. The van der Waals surface area contributed by atoms with Crippen molar-refractivity contribution in [3.05, 3.63) is 33.8 Å². The van der Waals surface area contributed by atoms with E-state index in [0.29, 0.717) is 23.0 Å². The van der Waals surface area contributed by atoms with E-state index in [0.717, 1.165) is 12.0 Å². The highest BCUT2D eigenvalue weighted by molar-refractivity contribution is 6.42. The van der Waals surface area contributed by atoms with Gasteiger partial charge in [0, 0.05) is 12.5 Å². The predicted octanol–water partition coefficient (Wildman–Crippen LogP) is 2.31. The summed E-state index contributed by atoms with van der Waals surface area (Å²) in [5.41, 5.74) is 6.70. The molecule has 3 N–H and O–H groups in total. The second-order valence-electron chi connectivity index (χ2n) is 4.27. The van der Waals surface area contributed by atoms with Gasteiger partial charge in [0.05, 0.1) is 16.1 Å². The quantitative estimate of drug-likeness (QED) is 0.825. The molecule has 0 radical (unpaired) electrons. The summed E-state index contributed by atoms with van der Waals surface area (Å²) >= 11 is 12.2. The first-order chi connectivity index (χ1) is 8.09. The molecule has 1 aromatic rings. The molecule has 0 aromatic heterocycles. The van der Waals surface area contributed by atoms with Crippen molar-refractivity contribution in [2.45, 2.75) is 24.8 Å². The molecule has 92 valence electrons. The van der Waals surface area contributed by atoms with E-state index in [2.05, 4.69) is 5.32 Å². The van der Waals surface area contributed by atoms with Gasteiger partial charge in [0.25, 0.3) is 0 Å². The molecule has 1 aliphatic heterocycles. The highest BCUT2D eigenvalue weighted by atomic mass is 35.5. The third-order valence-corrected chi connectivity index (χ3v) is 3.94. The van der Waals surface area contributed by atoms with E-state index in [-0.39, 0.29) is 11.8 Å². The number of hydrogen-bond acceptors (Lipinski definition) is 2. The Hall–Kier alpha value is -0.770. The molecule has 1 heterocycles. The molecule has 0 bridgehead atoms. The van der Waals surface area contributed by atoms with Crippen LogP contribution < -0.4 is 11.1 Å². The zero-order valence-electron chi connectivity index (χ0n) is 9.25. The molecule has 1 amide bonds. The van der Waals surface area contributed by atoms with Gasteiger partial charge in [-0.05, 0) is 24.5 Å². The summed E-state index contributed by atoms with van der Waals surface area (Å²) in [7, 11) is 0. The summed E-state index contributed by atoms with van der Waals surface area (Å²) in [6.45, 7) is 0.562. The number of carbonyl (C=O) groups is 1. The third kappa shape index (κ3) is 2.73. The average Bonchev–Trinajstić information content (AvgIpc) is 2.47. The summed E-state index contributed by atoms with van der Waals surface area (Å²) < 4.78 is 0. The van der Waals surface area contributed by atoms with Gasteiger partial charge in [-0.1, -0.05) is 35.3 Å². The minimum absolute atomic E-state index is 0.0920. The Morgan fingerprint density at radius 1 is 1.29 bits per heavy atom. The van der Waals surface area contributed by atoms with Gasteiger partial charge in [-0.3, -0.25) is 4.79 Å². The number of halogens is 2. The topological polar surface area (TPSA) is 55.1 Å². The van der Waals surface area contributed by atoms with Crippen LogP contribution in [0, 0.1) is 0 Å². The standard InChI is InChI=1S/C12H14Cl2N2O/c13-9-3-1-2-8(11(9)14)7-4-5-10(15)12(17)16-6-7/h1-3,7,10H,4-6,15H2,(H,16,17)/t7?,10-/m1/s1. The Labute approximate surface area is 110 Å². The highest BCUT2D eigenvalue weighted by Gasteiger charge is 2.24. The van der Waals surface area contributed by atoms with Crippen LogP contribution in [0.15, 0.2) is 18.2 Å². The van der Waals surface area contributed by atoms with Crippen molar-refractivity contribution in [1.82, 2.24) is 5.32 Å². The summed E-state index contributed by atoms with van der Waals surface area (Å²) in [6, 6.07) is 5.16. The van der Waals surface area contributed by atoms with Crippen molar-refractivity contribution in [3.63, 3.8) is 0 Å². The lowest BCUT2D eigenvalue weighted by Gasteiger charge is -2.16. The molecular weight excluding hydrogens is 259 g/mol. The van der Waals surface area contributed by atoms with Crippen LogP contribution in [0.25, 0.3) is 0 Å². The minimum Gasteiger partial charge on any atom is -0.354 e. The van der Waals surface area contributed by atoms with Crippen LogP contribution in [-0.2, 0) is 4.79 Å². The molecule has 2 rings (SSSR count). The van der Waals surface area contributed by atoms with Gasteiger partial charge in [-0.2, -0.15) is 0 Å². The Balaban J connectivity index is 2.22. The van der Waals surface area contributed by atoms with E-state index in [1.807, 2.05) is 12.1 Å². The molecule has 0 spiro atoms. The monoisotopic (exact) mass is 272 g/mol. The van der Waals surface area contributed by atoms with Gasteiger partial charge in [-0.25, -0.2) is 0 Å². The highest BCUT2D eigenvalue weighted by Crippen LogP contribution is 2.33. The number of nitrogens with two attached hydrogens (primary N) is 1. The maximum atomic E-state index is 11.4. The molecule has 2 atom stereocenters. The molecular formula is C12H14Cl2N2O. The number of carbonyl (C=O) groups excluding carboxylic acids is 1. The predicted molar refractivity (Wildman–Crippen MR) is 69.4 cm³/mol. The summed E-state index contributed by atoms with van der Waals surface area (Å²) in [5.74, 6) is 0.0874. The van der Waals surface area contributed by atoms with Crippen molar-refractivity contribution in [2.24, 2.45) is 5.73 Å². The SMILES string of the molecule is N[C@@H]1CCC(c2cccc(Cl)c2Cl)CNC1=O. The van der Waals surface area contributed by atoms with Crippen LogP contribution in [0.3, 0.4) is 0 Å². The van der Waals surface area contributed by atoms with Crippen molar-refractivity contribution in [3.8, 4) is 0 Å². The fourth-order valence-corrected chi connectivity index (χ4v) is 2.53. The molecule has 1 fully saturated rings. The average molecular weight is 273 g/mol. The Bertz CT molecular complexity index is 437. The Kier molecular flexibility index (Phi) is 3.92. The molecule has 0 aliphatic carbocycles. The van der Waals surface area contributed by atoms with Gasteiger partial charge >= 0.3 is 0 Å². The lowest BCUT2D eigenvalue weighted by atomic mass is 9.94. The number of nitrogens with one attached hydrogen (secondary N) is 1. The second kappa shape index (κ2) is 5.25. The van der Waals surface area contributed by atoms with E-state index >= 15 is 0 Å². The van der Waals surface area contributed by atoms with Crippen LogP contribution in [0.2, 0.25) is 10.0 Å². The Morgan fingerprint density at radius 3 is 2.82 bits per heavy atom. The van der Waals surface area contributed by atoms with Crippen LogP contribution in [0.4, 0.5) is 0 Å². The summed E-state index contributed by atoms with van der Waals surface area (Å²) in [4.78, 5) is 11.4. The molecule has 1 aromatic carbocycles. The zero-order chi connectivity index (χ0) is 12.4. The lowest BCUT2D eigenvalue weighted by Crippen LogP contribution is -2.38. The van der Waals surface area contributed by atoms with E-state index in [4.69, 9.17) is 28.9 Å². The van der Waals surface area contributed by atoms with Crippen molar-refractivity contribution in [1.29, 1.82) is 0 Å². The van der Waals surface area contributed by atoms with E-state index in [1.54, 1.807) is 6.07 Å². The largest absolute Gasteiger partial charge is 0.354 e. The first kappa shape index (κ1) is 12.7. The smallest absolute Gasteiger partial charge is 0.236 e. The third-order valence-electron chi connectivity index (χ3n) is 3.11. The number of rotatable bonds is 1. The second-order valence-corrected chi connectivity index (χ2v) is 5.05. The van der Waals surface area contributed by atoms with Crippen molar-refractivity contribution in [2.75, 3.05) is 6.54 Å². The molecule has 3 nitrogen and oxygen atoms in total. The van der Waals surface area contributed by atoms with Crippen LogP contribution >= 0.6 is 23.2 Å². The fourth-order valence-electron chi connectivity index (χ4n) is 2.07. The van der Waals surface area contributed by atoms with Gasteiger partial charge < -0.3 is 11.1 Å². The first-order valence-corrected chi connectivity index (χ1v) is 6.32. The maximum Gasteiger partial charge on any atom is 0.236 e. The van der Waals surface area contributed by atoms with Gasteiger partial charge in [0.1, 0.15) is 0 Å². The molecule has 1 saturated heterocycles. The normalized spacial score (nSPS) is 25.2. The first-order valence-electron chi connectivity index (χ1n) is 5.57. The van der Waals surface area contributed by atoms with Crippen molar-refractivity contribution >= 4 is 29.1 Å². The van der Waals surface area contributed by atoms with E-state index in [1.165, 1.54) is 0 Å². The van der Waals surface area contributed by atoms with Crippen LogP contribution in [0.5, 0.6) is 0 Å². The van der Waals surface area contributed by atoms with E-state index < -0.39 is 6.04 Å². The molecule has 5 heteroatoms. The molecule has 1 unspecified atom stereocenters. The van der Waals surface area contributed by atoms with E-state index in [9.17, 15) is 4.79 Å². The maximum absolute atomic E-state index is 11.4. The van der Waals surface area contributed by atoms with Gasteiger partial charge in [0.15, 0.2) is 0 Å². The molecule has 17 heavy (non-hydrogen) atoms. The zero-order valence-corrected chi connectivity index (χ0v) is 10.8. The van der Waals surface area contributed by atoms with Gasteiger partial charge in [-0.15, -0.1) is 0 Å². The summed E-state index contributed by atoms with van der Waals surface area (Å²) in [5, 5.41) is 3.94. The van der Waals surface area contributed by atoms with Crippen LogP contribution in [-0.4, -0.2) is 18.5 Å². The molecule has 1 aliphatic rings. The number of benzene rings is 1. The summed E-state index contributed by atoms with van der Waals surface area (Å²) in [6.07, 6.45) is 1.50. The van der Waals surface area contributed by atoms with Crippen LogP contribution in [0.1, 0.15) is 24.3 Å².